The minimum Gasteiger partial charge on any atom is -0.378 e. The topological polar surface area (TPSA) is 89.6 Å². The fourth-order valence-corrected chi connectivity index (χ4v) is 3.81. The monoisotopic (exact) mass is 437 g/mol. The Kier molecular flexibility index (Phi) is 5.05. The highest BCUT2D eigenvalue weighted by atomic mass is 35.5. The molecule has 0 bridgehead atoms. The van der Waals surface area contributed by atoms with Crippen LogP contribution in [-0.4, -0.2) is 56.4 Å². The Labute approximate surface area is 183 Å². The molecule has 1 amide bonds. The number of rotatable bonds is 4. The first kappa shape index (κ1) is 19.5. The summed E-state index contributed by atoms with van der Waals surface area (Å²) in [6, 6.07) is 8.98. The molecule has 4 aromatic heterocycles. The lowest BCUT2D eigenvalue weighted by Crippen LogP contribution is -2.37. The number of halogens is 1. The quantitative estimate of drug-likeness (QED) is 0.494. The van der Waals surface area contributed by atoms with Crippen LogP contribution in [-0.2, 0) is 11.8 Å². The molecule has 1 N–H and O–H groups in total. The minimum atomic E-state index is -0.297. The lowest BCUT2D eigenvalue weighted by molar-refractivity contribution is 0.102. The summed E-state index contributed by atoms with van der Waals surface area (Å²) in [5, 5.41) is 7.50. The number of aryl methyl sites for hydroxylation is 1. The van der Waals surface area contributed by atoms with Crippen molar-refractivity contribution in [2.24, 2.45) is 7.05 Å². The van der Waals surface area contributed by atoms with Crippen LogP contribution in [0.4, 0.5) is 11.6 Å². The van der Waals surface area contributed by atoms with Gasteiger partial charge in [-0.2, -0.15) is 5.10 Å². The largest absolute Gasteiger partial charge is 0.378 e. The number of hydrogen-bond donors (Lipinski definition) is 1. The molecule has 0 saturated carbocycles. The molecule has 0 spiro atoms. The number of morpholine rings is 1. The van der Waals surface area contributed by atoms with Gasteiger partial charge >= 0.3 is 0 Å². The highest BCUT2D eigenvalue weighted by molar-refractivity contribution is 6.30. The second kappa shape index (κ2) is 8.01. The van der Waals surface area contributed by atoms with Crippen LogP contribution in [0, 0.1) is 0 Å². The zero-order valence-electron chi connectivity index (χ0n) is 16.8. The van der Waals surface area contributed by atoms with Crippen LogP contribution in [0.2, 0.25) is 5.15 Å². The standard InChI is InChI=1S/C21H20ClN7O2/c1-27-13-15(12-23-27)19-20(29-5-3-2-4-17(29)25-19)26-21(30)14-10-16(22)24-18(11-14)28-6-8-31-9-7-28/h2-5,10-13H,6-9H2,1H3,(H,26,30). The van der Waals surface area contributed by atoms with Gasteiger partial charge in [0.25, 0.3) is 5.91 Å². The average molecular weight is 438 g/mol. The van der Waals surface area contributed by atoms with Gasteiger partial charge in [-0.3, -0.25) is 13.9 Å². The maximum Gasteiger partial charge on any atom is 0.257 e. The van der Waals surface area contributed by atoms with Crippen LogP contribution < -0.4 is 10.2 Å². The van der Waals surface area contributed by atoms with E-state index < -0.39 is 0 Å². The van der Waals surface area contributed by atoms with Crippen LogP contribution in [0.1, 0.15) is 10.4 Å². The maximum atomic E-state index is 13.2. The number of imidazole rings is 1. The highest BCUT2D eigenvalue weighted by Gasteiger charge is 2.20. The molecule has 5 heterocycles. The highest BCUT2D eigenvalue weighted by Crippen LogP contribution is 2.29. The number of nitrogens with one attached hydrogen (secondary N) is 1. The third kappa shape index (κ3) is 3.85. The number of pyridine rings is 2. The molecule has 1 fully saturated rings. The van der Waals surface area contributed by atoms with E-state index in [0.717, 1.165) is 11.2 Å². The Morgan fingerprint density at radius 2 is 2.03 bits per heavy atom. The second-order valence-corrected chi connectivity index (χ2v) is 7.62. The summed E-state index contributed by atoms with van der Waals surface area (Å²) in [5.74, 6) is 0.927. The molecule has 4 aromatic rings. The van der Waals surface area contributed by atoms with Gasteiger partial charge in [0.1, 0.15) is 28.1 Å². The molecule has 9 nitrogen and oxygen atoms in total. The molecule has 0 aromatic carbocycles. The van der Waals surface area contributed by atoms with Crippen molar-refractivity contribution >= 4 is 34.8 Å². The Hall–Kier alpha value is -3.43. The zero-order chi connectivity index (χ0) is 21.4. The number of hydrogen-bond acceptors (Lipinski definition) is 6. The van der Waals surface area contributed by atoms with Crippen molar-refractivity contribution in [1.82, 2.24) is 24.1 Å². The number of anilines is 2. The van der Waals surface area contributed by atoms with Crippen molar-refractivity contribution in [3.8, 4) is 11.3 Å². The Balaban J connectivity index is 1.51. The van der Waals surface area contributed by atoms with Gasteiger partial charge in [-0.1, -0.05) is 17.7 Å². The first-order valence-electron chi connectivity index (χ1n) is 9.86. The molecule has 0 unspecified atom stereocenters. The minimum absolute atomic E-state index is 0.264. The number of carbonyl (C=O) groups excluding carboxylic acids is 1. The maximum absolute atomic E-state index is 13.2. The van der Waals surface area contributed by atoms with Crippen LogP contribution in [0.15, 0.2) is 48.9 Å². The van der Waals surface area contributed by atoms with Crippen molar-refractivity contribution in [3.05, 3.63) is 59.6 Å². The molecular formula is C21H20ClN7O2. The Morgan fingerprint density at radius 3 is 2.81 bits per heavy atom. The van der Waals surface area contributed by atoms with Gasteiger partial charge in [0.15, 0.2) is 0 Å². The molecular weight excluding hydrogens is 418 g/mol. The molecule has 1 aliphatic heterocycles. The number of nitrogens with zero attached hydrogens (tertiary/aromatic N) is 6. The molecule has 31 heavy (non-hydrogen) atoms. The summed E-state index contributed by atoms with van der Waals surface area (Å²) in [6.07, 6.45) is 5.44. The normalized spacial score (nSPS) is 14.2. The van der Waals surface area contributed by atoms with Gasteiger partial charge in [-0.25, -0.2) is 9.97 Å². The van der Waals surface area contributed by atoms with Crippen molar-refractivity contribution in [2.45, 2.75) is 0 Å². The predicted molar refractivity (Wildman–Crippen MR) is 118 cm³/mol. The molecule has 158 valence electrons. The van der Waals surface area contributed by atoms with E-state index in [2.05, 4.69) is 25.3 Å². The summed E-state index contributed by atoms with van der Waals surface area (Å²) in [7, 11) is 1.84. The van der Waals surface area contributed by atoms with Crippen LogP contribution in [0.5, 0.6) is 0 Å². The first-order valence-corrected chi connectivity index (χ1v) is 10.2. The fraction of sp³-hybridized carbons (Fsp3) is 0.238. The van der Waals surface area contributed by atoms with Crippen molar-refractivity contribution in [3.63, 3.8) is 0 Å². The summed E-state index contributed by atoms with van der Waals surface area (Å²) in [6.45, 7) is 2.64. The third-order valence-corrected chi connectivity index (χ3v) is 5.31. The SMILES string of the molecule is Cn1cc(-c2nc3ccccn3c2NC(=O)c2cc(Cl)nc(N3CCOCC3)c2)cn1. The lowest BCUT2D eigenvalue weighted by Gasteiger charge is -2.28. The predicted octanol–water partition coefficient (Wildman–Crippen LogP) is 2.87. The smallest absolute Gasteiger partial charge is 0.257 e. The van der Waals surface area contributed by atoms with Crippen LogP contribution >= 0.6 is 11.6 Å². The van der Waals surface area contributed by atoms with E-state index in [-0.39, 0.29) is 11.1 Å². The zero-order valence-corrected chi connectivity index (χ0v) is 17.6. The lowest BCUT2D eigenvalue weighted by atomic mass is 10.2. The van der Waals surface area contributed by atoms with Crippen LogP contribution in [0.3, 0.4) is 0 Å². The summed E-state index contributed by atoms with van der Waals surface area (Å²) >= 11 is 6.24. The first-order chi connectivity index (χ1) is 15.1. The molecule has 0 radical (unpaired) electrons. The molecule has 0 aliphatic carbocycles. The number of fused-ring (bicyclic) bond motifs is 1. The Morgan fingerprint density at radius 1 is 1.19 bits per heavy atom. The summed E-state index contributed by atoms with van der Waals surface area (Å²) in [4.78, 5) is 24.4. The fourth-order valence-electron chi connectivity index (χ4n) is 3.61. The summed E-state index contributed by atoms with van der Waals surface area (Å²) in [5.41, 5.74) is 2.59. The van der Waals surface area contributed by atoms with Crippen molar-refractivity contribution in [2.75, 3.05) is 36.5 Å². The van der Waals surface area contributed by atoms with Gasteiger partial charge in [-0.15, -0.1) is 0 Å². The van der Waals surface area contributed by atoms with E-state index >= 15 is 0 Å². The van der Waals surface area contributed by atoms with E-state index in [4.69, 9.17) is 16.3 Å². The van der Waals surface area contributed by atoms with Gasteiger partial charge < -0.3 is 15.0 Å². The molecule has 1 saturated heterocycles. The molecule has 5 rings (SSSR count). The van der Waals surface area contributed by atoms with Gasteiger partial charge in [0, 0.05) is 43.7 Å². The molecule has 0 atom stereocenters. The number of carbonyl (C=O) groups is 1. The van der Waals surface area contributed by atoms with Gasteiger partial charge in [-0.05, 0) is 24.3 Å². The van der Waals surface area contributed by atoms with E-state index in [1.54, 1.807) is 23.0 Å². The van der Waals surface area contributed by atoms with Crippen molar-refractivity contribution in [1.29, 1.82) is 0 Å². The van der Waals surface area contributed by atoms with E-state index in [0.29, 0.717) is 49.2 Å². The Bertz CT molecular complexity index is 1260. The van der Waals surface area contributed by atoms with E-state index in [1.165, 1.54) is 0 Å². The molecule has 10 heteroatoms. The van der Waals surface area contributed by atoms with Crippen molar-refractivity contribution < 1.29 is 9.53 Å². The van der Waals surface area contributed by atoms with E-state index in [9.17, 15) is 4.79 Å². The second-order valence-electron chi connectivity index (χ2n) is 7.23. The van der Waals surface area contributed by atoms with Crippen LogP contribution in [0.25, 0.3) is 16.9 Å². The third-order valence-electron chi connectivity index (χ3n) is 5.12. The molecule has 1 aliphatic rings. The summed E-state index contributed by atoms with van der Waals surface area (Å²) < 4.78 is 8.93. The number of aromatic nitrogens is 5. The number of ether oxygens (including phenoxy) is 1. The number of amides is 1. The van der Waals surface area contributed by atoms with E-state index in [1.807, 2.05) is 42.0 Å². The average Bonchev–Trinajstić information content (AvgIpc) is 3.37. The van der Waals surface area contributed by atoms with Gasteiger partial charge in [0.2, 0.25) is 0 Å². The van der Waals surface area contributed by atoms with Gasteiger partial charge in [0.05, 0.1) is 19.4 Å².